The maximum Gasteiger partial charge on any atom is 0.200 e. The second kappa shape index (κ2) is 4.42. The second-order valence-corrected chi connectivity index (χ2v) is 3.59. The Morgan fingerprint density at radius 2 is 2.43 bits per heavy atom. The summed E-state index contributed by atoms with van der Waals surface area (Å²) in [5, 5.41) is 0. The molecule has 0 N–H and O–H groups in total. The van der Waals surface area contributed by atoms with E-state index in [0.717, 1.165) is 25.9 Å². The van der Waals surface area contributed by atoms with Crippen LogP contribution in [-0.4, -0.2) is 18.5 Å². The van der Waals surface area contributed by atoms with E-state index in [1.165, 1.54) is 6.26 Å². The lowest BCUT2D eigenvalue weighted by Crippen LogP contribution is -2.22. The summed E-state index contributed by atoms with van der Waals surface area (Å²) in [6.45, 7) is 0.788. The molecule has 1 unspecified atom stereocenters. The van der Waals surface area contributed by atoms with Gasteiger partial charge in [-0.1, -0.05) is 0 Å². The SMILES string of the molecule is O=C(CC1CCCCO1)c1ccco1. The van der Waals surface area contributed by atoms with Crippen LogP contribution in [0.5, 0.6) is 0 Å². The smallest absolute Gasteiger partial charge is 0.200 e. The summed E-state index contributed by atoms with van der Waals surface area (Å²) in [5.74, 6) is 0.487. The number of ketones is 1. The second-order valence-electron chi connectivity index (χ2n) is 3.59. The third-order valence-corrected chi connectivity index (χ3v) is 2.48. The van der Waals surface area contributed by atoms with Crippen molar-refractivity contribution in [1.29, 1.82) is 0 Å². The number of Topliss-reactive ketones (excluding diaryl/α,β-unsaturated/α-hetero) is 1. The minimum absolute atomic E-state index is 0.0434. The van der Waals surface area contributed by atoms with Gasteiger partial charge in [0.25, 0.3) is 0 Å². The number of ether oxygens (including phenoxy) is 1. The van der Waals surface area contributed by atoms with Gasteiger partial charge in [-0.15, -0.1) is 0 Å². The highest BCUT2D eigenvalue weighted by molar-refractivity contribution is 5.93. The van der Waals surface area contributed by atoms with Crippen molar-refractivity contribution >= 4 is 5.78 Å². The highest BCUT2D eigenvalue weighted by Crippen LogP contribution is 2.17. The zero-order valence-electron chi connectivity index (χ0n) is 8.07. The molecule has 0 saturated carbocycles. The largest absolute Gasteiger partial charge is 0.461 e. The van der Waals surface area contributed by atoms with Crippen LogP contribution in [0.25, 0.3) is 0 Å². The van der Waals surface area contributed by atoms with Crippen molar-refractivity contribution in [2.45, 2.75) is 31.8 Å². The van der Waals surface area contributed by atoms with Crippen molar-refractivity contribution < 1.29 is 13.9 Å². The Balaban J connectivity index is 1.87. The van der Waals surface area contributed by atoms with Crippen LogP contribution in [-0.2, 0) is 4.74 Å². The number of carbonyl (C=O) groups is 1. The van der Waals surface area contributed by atoms with Crippen molar-refractivity contribution in [2.75, 3.05) is 6.61 Å². The van der Waals surface area contributed by atoms with E-state index < -0.39 is 0 Å². The molecule has 0 aromatic carbocycles. The van der Waals surface area contributed by atoms with Crippen molar-refractivity contribution in [2.24, 2.45) is 0 Å². The van der Waals surface area contributed by atoms with Crippen molar-refractivity contribution in [1.82, 2.24) is 0 Å². The quantitative estimate of drug-likeness (QED) is 0.694. The van der Waals surface area contributed by atoms with E-state index >= 15 is 0 Å². The lowest BCUT2D eigenvalue weighted by atomic mass is 10.0. The van der Waals surface area contributed by atoms with Gasteiger partial charge in [-0.05, 0) is 31.4 Å². The predicted octanol–water partition coefficient (Wildman–Crippen LogP) is 2.42. The molecule has 1 saturated heterocycles. The van der Waals surface area contributed by atoms with Crippen molar-refractivity contribution in [3.05, 3.63) is 24.2 Å². The minimum atomic E-state index is 0.0434. The minimum Gasteiger partial charge on any atom is -0.461 e. The molecule has 1 aliphatic rings. The Labute approximate surface area is 83.0 Å². The lowest BCUT2D eigenvalue weighted by Gasteiger charge is -2.21. The van der Waals surface area contributed by atoms with E-state index in [2.05, 4.69) is 0 Å². The molecule has 1 aliphatic heterocycles. The molecule has 1 aromatic heterocycles. The fraction of sp³-hybridized carbons (Fsp3) is 0.545. The number of hydrogen-bond acceptors (Lipinski definition) is 3. The monoisotopic (exact) mass is 194 g/mol. The molecule has 1 atom stereocenters. The normalized spacial score (nSPS) is 22.1. The fourth-order valence-electron chi connectivity index (χ4n) is 1.71. The molecule has 2 rings (SSSR count). The van der Waals surface area contributed by atoms with Crippen LogP contribution in [0.1, 0.15) is 36.2 Å². The van der Waals surface area contributed by atoms with E-state index in [9.17, 15) is 4.79 Å². The van der Waals surface area contributed by atoms with Crippen LogP contribution in [0.15, 0.2) is 22.8 Å². The molecule has 0 aliphatic carbocycles. The van der Waals surface area contributed by atoms with E-state index in [-0.39, 0.29) is 11.9 Å². The topological polar surface area (TPSA) is 39.4 Å². The van der Waals surface area contributed by atoms with E-state index in [0.29, 0.717) is 12.2 Å². The number of hydrogen-bond donors (Lipinski definition) is 0. The molecule has 3 heteroatoms. The highest BCUT2D eigenvalue weighted by Gasteiger charge is 2.19. The predicted molar refractivity (Wildman–Crippen MR) is 51.2 cm³/mol. The first kappa shape index (κ1) is 9.46. The molecular weight excluding hydrogens is 180 g/mol. The maximum atomic E-state index is 11.6. The Morgan fingerprint density at radius 3 is 3.07 bits per heavy atom. The summed E-state index contributed by atoms with van der Waals surface area (Å²) in [4.78, 5) is 11.6. The summed E-state index contributed by atoms with van der Waals surface area (Å²) in [6.07, 6.45) is 5.34. The Hall–Kier alpha value is -1.09. The average Bonchev–Trinajstić information content (AvgIpc) is 2.72. The molecule has 3 nitrogen and oxygen atoms in total. The van der Waals surface area contributed by atoms with Crippen LogP contribution in [0.2, 0.25) is 0 Å². The number of furan rings is 1. The van der Waals surface area contributed by atoms with Gasteiger partial charge < -0.3 is 9.15 Å². The van der Waals surface area contributed by atoms with Gasteiger partial charge in [-0.2, -0.15) is 0 Å². The summed E-state index contributed by atoms with van der Waals surface area (Å²) < 4.78 is 10.5. The summed E-state index contributed by atoms with van der Waals surface area (Å²) in [7, 11) is 0. The van der Waals surface area contributed by atoms with E-state index in [1.54, 1.807) is 12.1 Å². The molecule has 1 fully saturated rings. The third kappa shape index (κ3) is 2.23. The van der Waals surface area contributed by atoms with Gasteiger partial charge in [0.05, 0.1) is 12.4 Å². The van der Waals surface area contributed by atoms with Crippen LogP contribution in [0.4, 0.5) is 0 Å². The fourth-order valence-corrected chi connectivity index (χ4v) is 1.71. The van der Waals surface area contributed by atoms with Crippen LogP contribution in [0.3, 0.4) is 0 Å². The zero-order chi connectivity index (χ0) is 9.80. The molecule has 0 bridgehead atoms. The molecule has 14 heavy (non-hydrogen) atoms. The number of carbonyl (C=O) groups excluding carboxylic acids is 1. The molecule has 0 spiro atoms. The molecule has 1 aromatic rings. The van der Waals surface area contributed by atoms with Gasteiger partial charge in [0.2, 0.25) is 5.78 Å². The maximum absolute atomic E-state index is 11.6. The zero-order valence-corrected chi connectivity index (χ0v) is 8.07. The summed E-state index contributed by atoms with van der Waals surface area (Å²) in [6, 6.07) is 3.43. The highest BCUT2D eigenvalue weighted by atomic mass is 16.5. The molecule has 0 amide bonds. The summed E-state index contributed by atoms with van der Waals surface area (Å²) >= 11 is 0. The van der Waals surface area contributed by atoms with Gasteiger partial charge in [-0.25, -0.2) is 0 Å². The van der Waals surface area contributed by atoms with E-state index in [1.807, 2.05) is 0 Å². The molecule has 0 radical (unpaired) electrons. The Morgan fingerprint density at radius 1 is 1.50 bits per heavy atom. The van der Waals surface area contributed by atoms with Crippen LogP contribution < -0.4 is 0 Å². The third-order valence-electron chi connectivity index (χ3n) is 2.48. The van der Waals surface area contributed by atoms with Crippen molar-refractivity contribution in [3.63, 3.8) is 0 Å². The van der Waals surface area contributed by atoms with Crippen LogP contribution >= 0.6 is 0 Å². The molecular formula is C11H14O3. The first-order valence-corrected chi connectivity index (χ1v) is 5.04. The van der Waals surface area contributed by atoms with Gasteiger partial charge in [-0.3, -0.25) is 4.79 Å². The first-order valence-electron chi connectivity index (χ1n) is 5.04. The number of rotatable bonds is 3. The average molecular weight is 194 g/mol. The summed E-state index contributed by atoms with van der Waals surface area (Å²) in [5.41, 5.74) is 0. The van der Waals surface area contributed by atoms with Gasteiger partial charge in [0.1, 0.15) is 0 Å². The Bertz CT molecular complexity index is 283. The Kier molecular flexibility index (Phi) is 2.99. The standard InChI is InChI=1S/C11H14O3/c12-10(11-5-3-7-14-11)8-9-4-1-2-6-13-9/h3,5,7,9H,1-2,4,6,8H2. The van der Waals surface area contributed by atoms with Crippen molar-refractivity contribution in [3.8, 4) is 0 Å². The first-order chi connectivity index (χ1) is 6.86. The van der Waals surface area contributed by atoms with Gasteiger partial charge in [0, 0.05) is 13.0 Å². The van der Waals surface area contributed by atoms with Gasteiger partial charge >= 0.3 is 0 Å². The molecule has 76 valence electrons. The van der Waals surface area contributed by atoms with Gasteiger partial charge in [0.15, 0.2) is 5.76 Å². The molecule has 2 heterocycles. The van der Waals surface area contributed by atoms with E-state index in [4.69, 9.17) is 9.15 Å². The van der Waals surface area contributed by atoms with Crippen LogP contribution in [0, 0.1) is 0 Å². The lowest BCUT2D eigenvalue weighted by molar-refractivity contribution is 0.0123.